The van der Waals surface area contributed by atoms with Crippen LogP contribution in [-0.2, 0) is 9.84 Å². The highest BCUT2D eigenvalue weighted by Crippen LogP contribution is 2.40. The van der Waals surface area contributed by atoms with E-state index < -0.39 is 9.84 Å². The number of fused-ring (bicyclic) bond motifs is 1. The Morgan fingerprint density at radius 2 is 2.00 bits per heavy atom. The molecule has 0 amide bonds. The molecule has 35 heavy (non-hydrogen) atoms. The monoisotopic (exact) mass is 513 g/mol. The van der Waals surface area contributed by atoms with E-state index in [9.17, 15) is 8.42 Å². The Morgan fingerprint density at radius 1 is 1.23 bits per heavy atom. The summed E-state index contributed by atoms with van der Waals surface area (Å²) in [5, 5.41) is 13.5. The summed E-state index contributed by atoms with van der Waals surface area (Å²) >= 11 is 1.72. The molecule has 0 aromatic carbocycles. The zero-order valence-electron chi connectivity index (χ0n) is 20.5. The van der Waals surface area contributed by atoms with Crippen LogP contribution in [0.1, 0.15) is 54.7 Å². The Balaban J connectivity index is 1.37. The maximum atomic E-state index is 11.5. The number of pyridine rings is 1. The van der Waals surface area contributed by atoms with E-state index in [2.05, 4.69) is 40.0 Å². The molecule has 0 saturated carbocycles. The van der Waals surface area contributed by atoms with Gasteiger partial charge in [-0.15, -0.1) is 11.3 Å². The van der Waals surface area contributed by atoms with Gasteiger partial charge in [-0.1, -0.05) is 13.8 Å². The molecule has 4 aromatic rings. The number of sulfone groups is 1. The van der Waals surface area contributed by atoms with Crippen molar-refractivity contribution in [2.75, 3.05) is 31.6 Å². The molecule has 0 atom stereocenters. The van der Waals surface area contributed by atoms with Crippen LogP contribution in [0.25, 0.3) is 27.5 Å². The van der Waals surface area contributed by atoms with E-state index in [4.69, 9.17) is 10.1 Å². The van der Waals surface area contributed by atoms with Gasteiger partial charge in [0, 0.05) is 42.2 Å². The van der Waals surface area contributed by atoms with Gasteiger partial charge in [-0.05, 0) is 50.4 Å². The number of nitrogens with one attached hydrogen (secondary N) is 1. The number of aromatic amines is 1. The van der Waals surface area contributed by atoms with Gasteiger partial charge in [0.25, 0.3) is 0 Å². The first-order chi connectivity index (χ1) is 16.7. The van der Waals surface area contributed by atoms with E-state index >= 15 is 0 Å². The summed E-state index contributed by atoms with van der Waals surface area (Å²) in [5.74, 6) is 0.901. The number of likely N-dealkylation sites (tertiary alicyclic amines) is 1. The normalized spacial score (nSPS) is 16.0. The first-order valence-corrected chi connectivity index (χ1v) is 14.8. The van der Waals surface area contributed by atoms with Crippen LogP contribution in [0.15, 0.2) is 24.8 Å². The second-order valence-electron chi connectivity index (χ2n) is 9.76. The fourth-order valence-corrected chi connectivity index (χ4v) is 6.52. The molecule has 4 aromatic heterocycles. The molecule has 0 bridgehead atoms. The van der Waals surface area contributed by atoms with E-state index in [1.54, 1.807) is 17.7 Å². The maximum Gasteiger partial charge on any atom is 0.158 e. The molecular formula is C24H31N7O2S2. The fourth-order valence-electron chi connectivity index (χ4n) is 4.84. The summed E-state index contributed by atoms with van der Waals surface area (Å²) in [7, 11) is -2.93. The number of aromatic nitrogens is 6. The molecule has 0 radical (unpaired) electrons. The van der Waals surface area contributed by atoms with E-state index in [1.165, 1.54) is 11.8 Å². The van der Waals surface area contributed by atoms with Gasteiger partial charge in [0.2, 0.25) is 0 Å². The van der Waals surface area contributed by atoms with Crippen LogP contribution in [0.5, 0.6) is 0 Å². The molecule has 1 fully saturated rings. The van der Waals surface area contributed by atoms with Gasteiger partial charge in [-0.2, -0.15) is 10.2 Å². The number of rotatable bonds is 7. The van der Waals surface area contributed by atoms with Crippen LogP contribution in [0.3, 0.4) is 0 Å². The molecule has 1 saturated heterocycles. The highest BCUT2D eigenvalue weighted by atomic mass is 32.2. The standard InChI is InChI=1S/C24H31N7O2S2/c1-15(2)20-21(18-11-16(3)23-26-14-27-31(23)13-18)28-29-22(20)19-12-25-24(34-19)17-5-7-30(8-6-17)9-10-35(4,32)33/h11-15,17H,5-10H2,1-4H3,(H,28,29). The summed E-state index contributed by atoms with van der Waals surface area (Å²) in [6, 6.07) is 2.13. The van der Waals surface area contributed by atoms with Crippen molar-refractivity contribution in [1.82, 2.24) is 34.7 Å². The number of aryl methyl sites for hydroxylation is 1. The maximum absolute atomic E-state index is 11.5. The van der Waals surface area contributed by atoms with Crippen LogP contribution < -0.4 is 0 Å². The smallest absolute Gasteiger partial charge is 0.158 e. The Bertz CT molecular complexity index is 1440. The lowest BCUT2D eigenvalue weighted by Crippen LogP contribution is -2.36. The van der Waals surface area contributed by atoms with Crippen LogP contribution in [0, 0.1) is 6.92 Å². The number of hydrogen-bond acceptors (Lipinski definition) is 8. The molecule has 11 heteroatoms. The molecule has 1 N–H and O–H groups in total. The molecule has 0 unspecified atom stereocenters. The van der Waals surface area contributed by atoms with E-state index in [0.717, 1.165) is 64.0 Å². The number of piperidine rings is 1. The highest BCUT2D eigenvalue weighted by Gasteiger charge is 2.26. The molecule has 0 aliphatic carbocycles. The third-order valence-corrected chi connectivity index (χ3v) is 8.79. The number of nitrogens with zero attached hydrogens (tertiary/aromatic N) is 6. The second kappa shape index (κ2) is 9.44. The lowest BCUT2D eigenvalue weighted by atomic mass is 9.96. The average molecular weight is 514 g/mol. The zero-order chi connectivity index (χ0) is 24.7. The SMILES string of the molecule is Cc1cc(-c2[nH]nc(-c3cnc(C4CCN(CCS(C)(=O)=O)CC4)s3)c2C(C)C)cn2ncnc12. The van der Waals surface area contributed by atoms with E-state index in [1.807, 2.05) is 23.8 Å². The van der Waals surface area contributed by atoms with Crippen molar-refractivity contribution < 1.29 is 8.42 Å². The van der Waals surface area contributed by atoms with Crippen molar-refractivity contribution in [3.8, 4) is 21.8 Å². The molecule has 9 nitrogen and oxygen atoms in total. The van der Waals surface area contributed by atoms with Gasteiger partial charge in [-0.3, -0.25) is 5.10 Å². The fraction of sp³-hybridized carbons (Fsp3) is 0.500. The molecule has 1 aliphatic rings. The molecule has 0 spiro atoms. The van der Waals surface area contributed by atoms with Gasteiger partial charge >= 0.3 is 0 Å². The summed E-state index contributed by atoms with van der Waals surface area (Å²) in [6.07, 6.45) is 8.81. The molecule has 1 aliphatic heterocycles. The van der Waals surface area contributed by atoms with Crippen molar-refractivity contribution in [3.05, 3.63) is 40.9 Å². The summed E-state index contributed by atoms with van der Waals surface area (Å²) < 4.78 is 24.8. The first-order valence-electron chi connectivity index (χ1n) is 11.9. The van der Waals surface area contributed by atoms with E-state index in [0.29, 0.717) is 12.5 Å². The summed E-state index contributed by atoms with van der Waals surface area (Å²) in [5.41, 5.74) is 6.09. The van der Waals surface area contributed by atoms with Crippen molar-refractivity contribution in [1.29, 1.82) is 0 Å². The minimum atomic E-state index is -2.93. The second-order valence-corrected chi connectivity index (χ2v) is 13.1. The number of thiazole rings is 1. The van der Waals surface area contributed by atoms with Crippen LogP contribution in [0.4, 0.5) is 0 Å². The van der Waals surface area contributed by atoms with Crippen molar-refractivity contribution in [3.63, 3.8) is 0 Å². The highest BCUT2D eigenvalue weighted by molar-refractivity contribution is 7.90. The molecule has 5 heterocycles. The average Bonchev–Trinajstić information content (AvgIpc) is 3.56. The topological polar surface area (TPSA) is 109 Å². The van der Waals surface area contributed by atoms with Gasteiger partial charge in [0.1, 0.15) is 21.9 Å². The van der Waals surface area contributed by atoms with Crippen LogP contribution >= 0.6 is 11.3 Å². The van der Waals surface area contributed by atoms with Gasteiger partial charge in [0.15, 0.2) is 5.65 Å². The summed E-state index contributed by atoms with van der Waals surface area (Å²) in [4.78, 5) is 12.4. The first kappa shape index (κ1) is 24.1. The van der Waals surface area contributed by atoms with Gasteiger partial charge in [0.05, 0.1) is 21.3 Å². The molecular weight excluding hydrogens is 482 g/mol. The summed E-state index contributed by atoms with van der Waals surface area (Å²) in [6.45, 7) is 8.84. The minimum absolute atomic E-state index is 0.224. The Hall–Kier alpha value is -2.63. The molecule has 5 rings (SSSR count). The largest absolute Gasteiger partial charge is 0.302 e. The van der Waals surface area contributed by atoms with Gasteiger partial charge in [-0.25, -0.2) is 22.9 Å². The van der Waals surface area contributed by atoms with Crippen molar-refractivity contribution >= 4 is 26.8 Å². The molecule has 186 valence electrons. The van der Waals surface area contributed by atoms with Gasteiger partial charge < -0.3 is 4.90 Å². The predicted octanol–water partition coefficient (Wildman–Crippen LogP) is 3.90. The number of hydrogen-bond donors (Lipinski definition) is 1. The van der Waals surface area contributed by atoms with Crippen LogP contribution in [-0.4, -0.2) is 74.7 Å². The predicted molar refractivity (Wildman–Crippen MR) is 139 cm³/mol. The number of H-pyrrole nitrogens is 1. The Labute approximate surface area is 209 Å². The van der Waals surface area contributed by atoms with Crippen LogP contribution in [0.2, 0.25) is 0 Å². The minimum Gasteiger partial charge on any atom is -0.302 e. The Kier molecular flexibility index (Phi) is 6.49. The quantitative estimate of drug-likeness (QED) is 0.399. The lowest BCUT2D eigenvalue weighted by Gasteiger charge is -2.30. The Morgan fingerprint density at radius 3 is 2.71 bits per heavy atom. The third kappa shape index (κ3) is 5.03. The van der Waals surface area contributed by atoms with Crippen molar-refractivity contribution in [2.24, 2.45) is 0 Å². The van der Waals surface area contributed by atoms with E-state index in [-0.39, 0.29) is 11.7 Å². The lowest BCUT2D eigenvalue weighted by molar-refractivity contribution is 0.223. The van der Waals surface area contributed by atoms with Crippen molar-refractivity contribution in [2.45, 2.75) is 45.4 Å². The zero-order valence-corrected chi connectivity index (χ0v) is 22.2. The third-order valence-electron chi connectivity index (χ3n) is 6.70.